The maximum absolute atomic E-state index is 13.7. The zero-order valence-corrected chi connectivity index (χ0v) is 21.8. The van der Waals surface area contributed by atoms with Gasteiger partial charge < -0.3 is 4.18 Å². The second-order valence-electron chi connectivity index (χ2n) is 11.4. The summed E-state index contributed by atoms with van der Waals surface area (Å²) in [4.78, 5) is 13.0. The molecule has 2 aliphatic rings. The molecular formula is C32H28O4S. The van der Waals surface area contributed by atoms with E-state index in [0.29, 0.717) is 18.6 Å². The van der Waals surface area contributed by atoms with Gasteiger partial charge in [-0.05, 0) is 62.6 Å². The lowest BCUT2D eigenvalue weighted by Gasteiger charge is -2.35. The molecule has 0 N–H and O–H groups in total. The molecule has 5 aromatic carbocycles. The van der Waals surface area contributed by atoms with Gasteiger partial charge in [0, 0.05) is 17.2 Å². The quantitative estimate of drug-likeness (QED) is 0.187. The highest BCUT2D eigenvalue weighted by molar-refractivity contribution is 7.87. The van der Waals surface area contributed by atoms with Crippen LogP contribution in [0.15, 0.2) is 78.9 Å². The van der Waals surface area contributed by atoms with Crippen molar-refractivity contribution < 1.29 is 17.4 Å². The number of hydrogen-bond donors (Lipinski definition) is 0. The van der Waals surface area contributed by atoms with Gasteiger partial charge in [-0.2, -0.15) is 8.42 Å². The van der Waals surface area contributed by atoms with Crippen LogP contribution in [0, 0.1) is 16.7 Å². The maximum Gasteiger partial charge on any atom is 0.310 e. The van der Waals surface area contributed by atoms with Gasteiger partial charge in [0.25, 0.3) is 0 Å². The monoisotopic (exact) mass is 508 g/mol. The number of rotatable bonds is 4. The summed E-state index contributed by atoms with van der Waals surface area (Å²) in [5.41, 5.74) is -1.22. The van der Waals surface area contributed by atoms with E-state index in [4.69, 9.17) is 4.18 Å². The van der Waals surface area contributed by atoms with Crippen molar-refractivity contribution >= 4 is 59.0 Å². The van der Waals surface area contributed by atoms with Crippen LogP contribution in [0.1, 0.15) is 33.1 Å². The minimum absolute atomic E-state index is 0.0711. The summed E-state index contributed by atoms with van der Waals surface area (Å²) in [6.07, 6.45) is 1.98. The van der Waals surface area contributed by atoms with E-state index in [1.54, 1.807) is 6.07 Å². The Labute approximate surface area is 216 Å². The Morgan fingerprint density at radius 3 is 2.08 bits per heavy atom. The van der Waals surface area contributed by atoms with Crippen molar-refractivity contribution in [1.82, 2.24) is 0 Å². The van der Waals surface area contributed by atoms with Gasteiger partial charge in [-0.1, -0.05) is 86.6 Å². The predicted molar refractivity (Wildman–Crippen MR) is 149 cm³/mol. The number of Topliss-reactive ketones (excluding diaryl/α,β-unsaturated/α-hetero) is 1. The molecule has 5 heteroatoms. The van der Waals surface area contributed by atoms with E-state index in [9.17, 15) is 13.2 Å². The molecular weight excluding hydrogens is 480 g/mol. The zero-order valence-electron chi connectivity index (χ0n) is 21.0. The third-order valence-electron chi connectivity index (χ3n) is 9.47. The van der Waals surface area contributed by atoms with Crippen LogP contribution in [-0.2, 0) is 14.9 Å². The first-order valence-corrected chi connectivity index (χ1v) is 14.5. The standard InChI is InChI=1S/C32H28O4S/c1-31(2)24-16-17-32(31,27(33)18-24)19-37(34,35)36-26-9-5-7-21-12-14-23-15-13-22-11-10-20-6-3-4-8-25(20)28(22)30(23)29(21)26/h3-15,24H,16-19H2,1-2H3/t24?,32-/m1/s1. The number of carbonyl (C=O) groups excluding carboxylic acids is 1. The highest BCUT2D eigenvalue weighted by Crippen LogP contribution is 2.64. The molecule has 0 radical (unpaired) electrons. The van der Waals surface area contributed by atoms with Crippen LogP contribution in [0.4, 0.5) is 0 Å². The van der Waals surface area contributed by atoms with E-state index >= 15 is 0 Å². The lowest BCUT2D eigenvalue weighted by molar-refractivity contribution is -0.128. The van der Waals surface area contributed by atoms with Crippen molar-refractivity contribution in [2.24, 2.45) is 16.7 Å². The molecule has 0 aromatic heterocycles. The van der Waals surface area contributed by atoms with Crippen LogP contribution >= 0.6 is 0 Å². The van der Waals surface area contributed by atoms with Crippen molar-refractivity contribution in [2.75, 3.05) is 5.75 Å². The fourth-order valence-corrected chi connectivity index (χ4v) is 9.05. The lowest BCUT2D eigenvalue weighted by atomic mass is 9.70. The first-order chi connectivity index (χ1) is 17.7. The Morgan fingerprint density at radius 1 is 0.784 bits per heavy atom. The number of benzene rings is 5. The third kappa shape index (κ3) is 3.13. The zero-order chi connectivity index (χ0) is 25.6. The topological polar surface area (TPSA) is 60.4 Å². The highest BCUT2D eigenvalue weighted by Gasteiger charge is 2.65. The van der Waals surface area contributed by atoms with E-state index in [0.717, 1.165) is 49.5 Å². The van der Waals surface area contributed by atoms with Gasteiger partial charge in [0.2, 0.25) is 0 Å². The molecule has 2 aliphatic carbocycles. The van der Waals surface area contributed by atoms with Crippen LogP contribution in [0.25, 0.3) is 43.1 Å². The van der Waals surface area contributed by atoms with E-state index in [-0.39, 0.29) is 22.9 Å². The number of hydrogen-bond acceptors (Lipinski definition) is 4. The Kier molecular flexibility index (Phi) is 4.64. The minimum atomic E-state index is -4.04. The molecule has 2 saturated carbocycles. The van der Waals surface area contributed by atoms with E-state index in [1.165, 1.54) is 0 Å². The number of ketones is 1. The largest absolute Gasteiger partial charge is 0.382 e. The van der Waals surface area contributed by atoms with Gasteiger partial charge in [-0.25, -0.2) is 0 Å². The smallest absolute Gasteiger partial charge is 0.310 e. The number of carbonyl (C=O) groups is 1. The van der Waals surface area contributed by atoms with Crippen molar-refractivity contribution in [3.63, 3.8) is 0 Å². The minimum Gasteiger partial charge on any atom is -0.382 e. The van der Waals surface area contributed by atoms with Crippen molar-refractivity contribution in [1.29, 1.82) is 0 Å². The Bertz CT molecular complexity index is 1880. The van der Waals surface area contributed by atoms with Gasteiger partial charge in [0.15, 0.2) is 5.75 Å². The highest BCUT2D eigenvalue weighted by atomic mass is 32.2. The Balaban J connectivity index is 1.45. The molecule has 4 nitrogen and oxygen atoms in total. The van der Waals surface area contributed by atoms with Gasteiger partial charge in [-0.3, -0.25) is 4.79 Å². The summed E-state index contributed by atoms with van der Waals surface area (Å²) in [5.74, 6) is 0.364. The molecule has 0 amide bonds. The van der Waals surface area contributed by atoms with Gasteiger partial charge in [0.05, 0.1) is 11.2 Å². The summed E-state index contributed by atoms with van der Waals surface area (Å²) >= 11 is 0. The second-order valence-corrected chi connectivity index (χ2v) is 13.0. The molecule has 0 spiro atoms. The fourth-order valence-electron chi connectivity index (χ4n) is 7.30. The molecule has 37 heavy (non-hydrogen) atoms. The average molecular weight is 509 g/mol. The third-order valence-corrected chi connectivity index (χ3v) is 10.8. The van der Waals surface area contributed by atoms with Crippen molar-refractivity contribution in [3.8, 4) is 5.75 Å². The normalized spacial score (nSPS) is 23.0. The summed E-state index contributed by atoms with van der Waals surface area (Å²) in [6.45, 7) is 4.10. The predicted octanol–water partition coefficient (Wildman–Crippen LogP) is 7.40. The molecule has 0 aliphatic heterocycles. The van der Waals surface area contributed by atoms with Crippen LogP contribution in [0.3, 0.4) is 0 Å². The average Bonchev–Trinajstić information content (AvgIpc) is 3.22. The second kappa shape index (κ2) is 7.55. The molecule has 5 aromatic rings. The van der Waals surface area contributed by atoms with Crippen molar-refractivity contribution in [3.05, 3.63) is 78.9 Å². The summed E-state index contributed by atoms with van der Waals surface area (Å²) in [7, 11) is -4.04. The van der Waals surface area contributed by atoms with Gasteiger partial charge >= 0.3 is 10.1 Å². The summed E-state index contributed by atoms with van der Waals surface area (Å²) in [6, 6.07) is 26.3. The lowest BCUT2D eigenvalue weighted by Crippen LogP contribution is -2.43. The van der Waals surface area contributed by atoms with Gasteiger partial charge in [-0.15, -0.1) is 0 Å². The van der Waals surface area contributed by atoms with Crippen LogP contribution in [0.5, 0.6) is 5.75 Å². The van der Waals surface area contributed by atoms with E-state index in [2.05, 4.69) is 42.5 Å². The summed E-state index contributed by atoms with van der Waals surface area (Å²) in [5, 5.41) is 8.11. The van der Waals surface area contributed by atoms with E-state index in [1.807, 2.05) is 44.2 Å². The first-order valence-electron chi connectivity index (χ1n) is 12.9. The Morgan fingerprint density at radius 2 is 1.41 bits per heavy atom. The molecule has 2 atom stereocenters. The molecule has 2 bridgehead atoms. The SMILES string of the molecule is CC1(C)C2CC[C@@]1(CS(=O)(=O)Oc1cccc3ccc4ccc5ccc6ccccc6c5c4c13)C(=O)C2. The van der Waals surface area contributed by atoms with Crippen LogP contribution < -0.4 is 4.18 Å². The van der Waals surface area contributed by atoms with Crippen LogP contribution in [0.2, 0.25) is 0 Å². The van der Waals surface area contributed by atoms with Crippen LogP contribution in [-0.4, -0.2) is 20.0 Å². The Hall–Kier alpha value is -3.44. The maximum atomic E-state index is 13.7. The molecule has 7 rings (SSSR count). The molecule has 1 unspecified atom stereocenters. The fraction of sp³-hybridized carbons (Fsp3) is 0.281. The molecule has 0 heterocycles. The number of fused-ring (bicyclic) bond motifs is 9. The van der Waals surface area contributed by atoms with E-state index < -0.39 is 15.5 Å². The summed E-state index contributed by atoms with van der Waals surface area (Å²) < 4.78 is 33.3. The van der Waals surface area contributed by atoms with Gasteiger partial charge in [0.1, 0.15) is 5.78 Å². The first kappa shape index (κ1) is 22.7. The molecule has 0 saturated heterocycles. The molecule has 2 fully saturated rings. The van der Waals surface area contributed by atoms with Crippen molar-refractivity contribution in [2.45, 2.75) is 33.1 Å². The molecule has 186 valence electrons.